The minimum Gasteiger partial charge on any atom is -0.326 e. The van der Waals surface area contributed by atoms with E-state index in [0.29, 0.717) is 5.56 Å². The summed E-state index contributed by atoms with van der Waals surface area (Å²) in [6.45, 7) is 2.00. The highest BCUT2D eigenvalue weighted by molar-refractivity contribution is 7.99. The van der Waals surface area contributed by atoms with E-state index in [4.69, 9.17) is 5.73 Å². The molecule has 0 radical (unpaired) electrons. The van der Waals surface area contributed by atoms with Gasteiger partial charge in [0.05, 0.1) is 5.25 Å². The normalized spacial score (nSPS) is 14.3. The molecule has 6 heteroatoms. The Labute approximate surface area is 116 Å². The van der Waals surface area contributed by atoms with Gasteiger partial charge in [0, 0.05) is 18.7 Å². The molecule has 4 nitrogen and oxygen atoms in total. The fraction of sp³-hybridized carbons (Fsp3) is 0.385. The SMILES string of the molecule is CCC(N)C(Sc1nncn1C)c1ccccc1F. The van der Waals surface area contributed by atoms with E-state index >= 15 is 0 Å². The van der Waals surface area contributed by atoms with Gasteiger partial charge in [-0.05, 0) is 12.5 Å². The predicted molar refractivity (Wildman–Crippen MR) is 74.3 cm³/mol. The van der Waals surface area contributed by atoms with E-state index in [1.54, 1.807) is 23.0 Å². The van der Waals surface area contributed by atoms with E-state index in [9.17, 15) is 4.39 Å². The molecule has 0 saturated carbocycles. The zero-order valence-corrected chi connectivity index (χ0v) is 11.8. The second-order valence-corrected chi connectivity index (χ2v) is 5.47. The average Bonchev–Trinajstić information content (AvgIpc) is 2.81. The maximum absolute atomic E-state index is 14.0. The van der Waals surface area contributed by atoms with Gasteiger partial charge in [0.1, 0.15) is 12.1 Å². The molecule has 0 bridgehead atoms. The molecule has 1 aromatic heterocycles. The summed E-state index contributed by atoms with van der Waals surface area (Å²) in [5.74, 6) is -0.230. The number of rotatable bonds is 5. The van der Waals surface area contributed by atoms with Crippen molar-refractivity contribution in [3.05, 3.63) is 42.0 Å². The van der Waals surface area contributed by atoms with Crippen LogP contribution in [-0.4, -0.2) is 20.8 Å². The quantitative estimate of drug-likeness (QED) is 0.855. The third-order valence-electron chi connectivity index (χ3n) is 2.97. The van der Waals surface area contributed by atoms with E-state index in [1.165, 1.54) is 17.8 Å². The Balaban J connectivity index is 2.32. The lowest BCUT2D eigenvalue weighted by atomic mass is 10.0. The van der Waals surface area contributed by atoms with Gasteiger partial charge in [0.25, 0.3) is 0 Å². The van der Waals surface area contributed by atoms with Crippen molar-refractivity contribution in [3.8, 4) is 0 Å². The maximum atomic E-state index is 14.0. The summed E-state index contributed by atoms with van der Waals surface area (Å²) >= 11 is 1.45. The number of aryl methyl sites for hydroxylation is 1. The number of benzene rings is 1. The first-order valence-corrected chi connectivity index (χ1v) is 7.02. The first-order chi connectivity index (χ1) is 9.13. The molecule has 0 fully saturated rings. The van der Waals surface area contributed by atoms with Gasteiger partial charge in [0.15, 0.2) is 5.16 Å². The Morgan fingerprint density at radius 1 is 1.42 bits per heavy atom. The third-order valence-corrected chi connectivity index (χ3v) is 4.41. The molecule has 2 atom stereocenters. The van der Waals surface area contributed by atoms with Crippen molar-refractivity contribution in [2.24, 2.45) is 12.8 Å². The van der Waals surface area contributed by atoms with Crippen LogP contribution in [0.5, 0.6) is 0 Å². The van der Waals surface area contributed by atoms with E-state index in [2.05, 4.69) is 10.2 Å². The smallest absolute Gasteiger partial charge is 0.191 e. The Bertz CT molecular complexity index is 543. The molecule has 2 N–H and O–H groups in total. The van der Waals surface area contributed by atoms with Crippen molar-refractivity contribution >= 4 is 11.8 Å². The Kier molecular flexibility index (Phi) is 4.55. The van der Waals surface area contributed by atoms with Crippen molar-refractivity contribution in [2.75, 3.05) is 0 Å². The van der Waals surface area contributed by atoms with Crippen molar-refractivity contribution in [3.63, 3.8) is 0 Å². The largest absolute Gasteiger partial charge is 0.326 e. The van der Waals surface area contributed by atoms with Gasteiger partial charge in [-0.25, -0.2) is 4.39 Å². The van der Waals surface area contributed by atoms with E-state index in [1.807, 2.05) is 20.0 Å². The summed E-state index contributed by atoms with van der Waals surface area (Å²) in [7, 11) is 1.86. The average molecular weight is 280 g/mol. The molecule has 2 unspecified atom stereocenters. The second-order valence-electron chi connectivity index (χ2n) is 4.36. The van der Waals surface area contributed by atoms with Crippen LogP contribution >= 0.6 is 11.8 Å². The standard InChI is InChI=1S/C13H17FN4S/c1-3-11(15)12(9-6-4-5-7-10(9)14)19-13-17-16-8-18(13)2/h4-8,11-12H,3,15H2,1-2H3. The van der Waals surface area contributed by atoms with Crippen molar-refractivity contribution in [1.82, 2.24) is 14.8 Å². The molecule has 0 aliphatic heterocycles. The topological polar surface area (TPSA) is 56.7 Å². The molecule has 1 aromatic carbocycles. The lowest BCUT2D eigenvalue weighted by Gasteiger charge is -2.22. The van der Waals surface area contributed by atoms with Crippen LogP contribution in [0.3, 0.4) is 0 Å². The first kappa shape index (κ1) is 14.0. The lowest BCUT2D eigenvalue weighted by molar-refractivity contribution is 0.571. The summed E-state index contributed by atoms with van der Waals surface area (Å²) in [5.41, 5.74) is 6.76. The van der Waals surface area contributed by atoms with Crippen LogP contribution in [0.15, 0.2) is 35.7 Å². The highest BCUT2D eigenvalue weighted by Crippen LogP contribution is 2.37. The number of hydrogen-bond acceptors (Lipinski definition) is 4. The first-order valence-electron chi connectivity index (χ1n) is 6.14. The summed E-state index contributed by atoms with van der Waals surface area (Å²) < 4.78 is 15.8. The molecule has 0 aliphatic rings. The molecule has 102 valence electrons. The van der Waals surface area contributed by atoms with Crippen LogP contribution in [0.1, 0.15) is 24.2 Å². The van der Waals surface area contributed by atoms with Crippen LogP contribution in [0.2, 0.25) is 0 Å². The van der Waals surface area contributed by atoms with Crippen LogP contribution < -0.4 is 5.73 Å². The summed E-state index contributed by atoms with van der Waals surface area (Å²) in [4.78, 5) is 0. The third kappa shape index (κ3) is 3.13. The maximum Gasteiger partial charge on any atom is 0.191 e. The van der Waals surface area contributed by atoms with Gasteiger partial charge in [0.2, 0.25) is 0 Å². The molecular weight excluding hydrogens is 263 g/mol. The second kappa shape index (κ2) is 6.16. The highest BCUT2D eigenvalue weighted by atomic mass is 32.2. The van der Waals surface area contributed by atoms with Gasteiger partial charge < -0.3 is 10.3 Å². The summed E-state index contributed by atoms with van der Waals surface area (Å²) in [6.07, 6.45) is 2.39. The van der Waals surface area contributed by atoms with Crippen LogP contribution in [0.4, 0.5) is 4.39 Å². The molecule has 2 rings (SSSR count). The molecule has 0 saturated heterocycles. The predicted octanol–water partition coefficient (Wildman–Crippen LogP) is 2.52. The van der Waals surface area contributed by atoms with E-state index in [-0.39, 0.29) is 17.1 Å². The zero-order chi connectivity index (χ0) is 13.8. The van der Waals surface area contributed by atoms with E-state index < -0.39 is 0 Å². The fourth-order valence-corrected chi connectivity index (χ4v) is 3.01. The number of aromatic nitrogens is 3. The van der Waals surface area contributed by atoms with Crippen molar-refractivity contribution in [1.29, 1.82) is 0 Å². The van der Waals surface area contributed by atoms with Crippen molar-refractivity contribution in [2.45, 2.75) is 29.8 Å². The summed E-state index contributed by atoms with van der Waals surface area (Å²) in [5, 5.41) is 8.42. The lowest BCUT2D eigenvalue weighted by Crippen LogP contribution is -2.26. The van der Waals surface area contributed by atoms with Gasteiger partial charge in [-0.1, -0.05) is 36.9 Å². The van der Waals surface area contributed by atoms with Gasteiger partial charge >= 0.3 is 0 Å². The molecule has 0 amide bonds. The van der Waals surface area contributed by atoms with Gasteiger partial charge in [-0.3, -0.25) is 0 Å². The van der Waals surface area contributed by atoms with Crippen molar-refractivity contribution < 1.29 is 4.39 Å². The Morgan fingerprint density at radius 2 is 2.16 bits per heavy atom. The Hall–Kier alpha value is -1.40. The fourth-order valence-electron chi connectivity index (χ4n) is 1.79. The monoisotopic (exact) mass is 280 g/mol. The van der Waals surface area contributed by atoms with Crippen LogP contribution in [-0.2, 0) is 7.05 Å². The van der Waals surface area contributed by atoms with Crippen LogP contribution in [0, 0.1) is 5.82 Å². The molecule has 1 heterocycles. The Morgan fingerprint density at radius 3 is 2.74 bits per heavy atom. The minimum atomic E-state index is -0.230. The highest BCUT2D eigenvalue weighted by Gasteiger charge is 2.24. The molecule has 0 spiro atoms. The number of hydrogen-bond donors (Lipinski definition) is 1. The molecule has 0 aliphatic carbocycles. The van der Waals surface area contributed by atoms with Gasteiger partial charge in [-0.15, -0.1) is 10.2 Å². The number of nitrogens with zero attached hydrogens (tertiary/aromatic N) is 3. The number of nitrogens with two attached hydrogens (primary N) is 1. The minimum absolute atomic E-state index is 0.140. The number of thioether (sulfide) groups is 1. The number of halogens is 1. The van der Waals surface area contributed by atoms with Gasteiger partial charge in [-0.2, -0.15) is 0 Å². The molecule has 19 heavy (non-hydrogen) atoms. The summed E-state index contributed by atoms with van der Waals surface area (Å²) in [6, 6.07) is 6.60. The van der Waals surface area contributed by atoms with E-state index in [0.717, 1.165) is 11.6 Å². The molecular formula is C13H17FN4S. The van der Waals surface area contributed by atoms with Crippen LogP contribution in [0.25, 0.3) is 0 Å². The molecule has 2 aromatic rings. The zero-order valence-electron chi connectivity index (χ0n) is 11.0.